The first-order valence-corrected chi connectivity index (χ1v) is 11.0. The van der Waals surface area contributed by atoms with Gasteiger partial charge in [0.05, 0.1) is 39.0 Å². The number of rotatable bonds is 7. The first kappa shape index (κ1) is 24.1. The van der Waals surface area contributed by atoms with Crippen molar-refractivity contribution >= 4 is 40.4 Å². The largest absolute Gasteiger partial charge is 0.449 e. The van der Waals surface area contributed by atoms with E-state index in [9.17, 15) is 35.1 Å². The maximum absolute atomic E-state index is 13.0. The second-order valence-corrected chi connectivity index (χ2v) is 8.34. The summed E-state index contributed by atoms with van der Waals surface area (Å²) in [5.41, 5.74) is 0.166. The number of non-ortho nitro benzene ring substituents is 1. The fraction of sp³-hybridized carbons (Fsp3) is 0.0417. The summed E-state index contributed by atoms with van der Waals surface area (Å²) in [6.07, 6.45) is 1.42. The predicted octanol–water partition coefficient (Wildman–Crippen LogP) is 5.40. The van der Waals surface area contributed by atoms with E-state index in [4.69, 9.17) is 4.74 Å². The molecule has 3 aromatic rings. The molecule has 0 bridgehead atoms. The van der Waals surface area contributed by atoms with E-state index in [2.05, 4.69) is 0 Å². The molecule has 36 heavy (non-hydrogen) atoms. The molecule has 0 aromatic heterocycles. The highest BCUT2D eigenvalue weighted by Crippen LogP contribution is 2.38. The van der Waals surface area contributed by atoms with E-state index in [0.29, 0.717) is 28.5 Å². The van der Waals surface area contributed by atoms with Crippen molar-refractivity contribution in [1.82, 2.24) is 4.90 Å². The number of hydrogen-bond donors (Lipinski definition) is 0. The molecule has 0 atom stereocenters. The number of carbonyl (C=O) groups excluding carboxylic acids is 2. The molecule has 2 amide bonds. The number of nitrogens with zero attached hydrogens (tertiary/aromatic N) is 4. The average molecular weight is 502 g/mol. The Morgan fingerprint density at radius 1 is 0.972 bits per heavy atom. The third kappa shape index (κ3) is 4.91. The maximum Gasteiger partial charge on any atom is 0.318 e. The van der Waals surface area contributed by atoms with E-state index in [0.717, 1.165) is 23.1 Å². The summed E-state index contributed by atoms with van der Waals surface area (Å²) in [6.45, 7) is -0.0706. The van der Waals surface area contributed by atoms with Crippen LogP contribution < -0.4 is 4.74 Å². The van der Waals surface area contributed by atoms with Crippen LogP contribution in [-0.2, 0) is 11.3 Å². The van der Waals surface area contributed by atoms with Crippen LogP contribution in [0.25, 0.3) is 6.08 Å². The predicted molar refractivity (Wildman–Crippen MR) is 129 cm³/mol. The quantitative estimate of drug-likeness (QED) is 0.234. The van der Waals surface area contributed by atoms with Crippen molar-refractivity contribution in [3.63, 3.8) is 0 Å². The Morgan fingerprint density at radius 2 is 1.69 bits per heavy atom. The van der Waals surface area contributed by atoms with Gasteiger partial charge in [0.15, 0.2) is 0 Å². The lowest BCUT2D eigenvalue weighted by Crippen LogP contribution is -2.27. The molecular formula is C24H14N4O7S. The van der Waals surface area contributed by atoms with Crippen molar-refractivity contribution in [3.05, 3.63) is 109 Å². The van der Waals surface area contributed by atoms with E-state index >= 15 is 0 Å². The SMILES string of the molecule is N#Cc1ccccc1CN1C(=O)S/C(=C/c2ccccc2Oc2ccc([N+](=O)[O-])cc2[N+](=O)[O-])C1=O. The van der Waals surface area contributed by atoms with Gasteiger partial charge in [0, 0.05) is 11.6 Å². The second kappa shape index (κ2) is 10.1. The van der Waals surface area contributed by atoms with Gasteiger partial charge in [-0.15, -0.1) is 0 Å². The zero-order valence-corrected chi connectivity index (χ0v) is 19.0. The molecule has 0 radical (unpaired) electrons. The van der Waals surface area contributed by atoms with Gasteiger partial charge < -0.3 is 4.74 Å². The molecule has 11 nitrogen and oxygen atoms in total. The number of benzene rings is 3. The Labute approximate surface area is 207 Å². The molecule has 1 heterocycles. The zero-order valence-electron chi connectivity index (χ0n) is 18.2. The van der Waals surface area contributed by atoms with E-state index < -0.39 is 32.4 Å². The molecular weight excluding hydrogens is 488 g/mol. The third-order valence-corrected chi connectivity index (χ3v) is 6.02. The first-order valence-electron chi connectivity index (χ1n) is 10.2. The molecule has 0 spiro atoms. The van der Waals surface area contributed by atoms with Crippen LogP contribution in [0.2, 0.25) is 0 Å². The van der Waals surface area contributed by atoms with Crippen molar-refractivity contribution in [2.75, 3.05) is 0 Å². The minimum absolute atomic E-state index is 0.0706. The number of nitro groups is 2. The van der Waals surface area contributed by atoms with Gasteiger partial charge in [0.25, 0.3) is 16.8 Å². The van der Waals surface area contributed by atoms with Gasteiger partial charge in [-0.05, 0) is 41.6 Å². The number of hydrogen-bond acceptors (Lipinski definition) is 9. The molecule has 0 N–H and O–H groups in total. The summed E-state index contributed by atoms with van der Waals surface area (Å²) < 4.78 is 5.70. The normalized spacial score (nSPS) is 14.1. The average Bonchev–Trinajstić information content (AvgIpc) is 3.12. The fourth-order valence-electron chi connectivity index (χ4n) is 3.37. The summed E-state index contributed by atoms with van der Waals surface area (Å²) >= 11 is 0.714. The maximum atomic E-state index is 13.0. The topological polar surface area (TPSA) is 157 Å². The summed E-state index contributed by atoms with van der Waals surface area (Å²) in [4.78, 5) is 47.5. The Morgan fingerprint density at radius 3 is 2.42 bits per heavy atom. The molecule has 0 unspecified atom stereocenters. The molecule has 3 aromatic carbocycles. The second-order valence-electron chi connectivity index (χ2n) is 7.34. The summed E-state index contributed by atoms with van der Waals surface area (Å²) in [5, 5.41) is 31.2. The van der Waals surface area contributed by atoms with E-state index in [1.807, 2.05) is 6.07 Å². The number of nitriles is 1. The van der Waals surface area contributed by atoms with Crippen LogP contribution in [0.4, 0.5) is 16.2 Å². The Kier molecular flexibility index (Phi) is 6.75. The Bertz CT molecular complexity index is 1500. The van der Waals surface area contributed by atoms with Crippen molar-refractivity contribution in [1.29, 1.82) is 5.26 Å². The van der Waals surface area contributed by atoms with Crippen LogP contribution in [0, 0.1) is 31.6 Å². The Hall–Kier alpha value is -5.02. The number of thioether (sulfide) groups is 1. The van der Waals surface area contributed by atoms with E-state index in [1.165, 1.54) is 12.1 Å². The lowest BCUT2D eigenvalue weighted by Gasteiger charge is -2.13. The lowest BCUT2D eigenvalue weighted by atomic mass is 10.1. The Balaban J connectivity index is 1.63. The highest BCUT2D eigenvalue weighted by molar-refractivity contribution is 8.18. The number of carbonyl (C=O) groups is 2. The summed E-state index contributed by atoms with van der Waals surface area (Å²) in [6, 6.07) is 18.0. The number of imide groups is 1. The molecule has 4 rings (SSSR count). The fourth-order valence-corrected chi connectivity index (χ4v) is 4.20. The molecule has 1 aliphatic heterocycles. The molecule has 1 fully saturated rings. The van der Waals surface area contributed by atoms with Gasteiger partial charge >= 0.3 is 5.69 Å². The monoisotopic (exact) mass is 502 g/mol. The van der Waals surface area contributed by atoms with Crippen molar-refractivity contribution in [3.8, 4) is 17.6 Å². The minimum Gasteiger partial charge on any atom is -0.449 e. The molecule has 178 valence electrons. The van der Waals surface area contributed by atoms with Crippen LogP contribution in [0.15, 0.2) is 71.6 Å². The van der Waals surface area contributed by atoms with Crippen LogP contribution >= 0.6 is 11.8 Å². The van der Waals surface area contributed by atoms with Crippen LogP contribution in [0.1, 0.15) is 16.7 Å². The van der Waals surface area contributed by atoms with Gasteiger partial charge in [0.2, 0.25) is 5.75 Å². The first-order chi connectivity index (χ1) is 17.3. The van der Waals surface area contributed by atoms with Gasteiger partial charge in [0.1, 0.15) is 5.75 Å². The molecule has 0 saturated carbocycles. The van der Waals surface area contributed by atoms with Crippen molar-refractivity contribution in [2.45, 2.75) is 6.54 Å². The van der Waals surface area contributed by atoms with E-state index in [1.54, 1.807) is 42.5 Å². The number of para-hydroxylation sites is 1. The molecule has 0 aliphatic carbocycles. The van der Waals surface area contributed by atoms with Crippen LogP contribution in [0.3, 0.4) is 0 Å². The summed E-state index contributed by atoms with van der Waals surface area (Å²) in [5.74, 6) is -0.655. The molecule has 1 saturated heterocycles. The number of nitro benzene ring substituents is 2. The van der Waals surface area contributed by atoms with Gasteiger partial charge in [-0.2, -0.15) is 5.26 Å². The van der Waals surface area contributed by atoms with Crippen LogP contribution in [0.5, 0.6) is 11.5 Å². The van der Waals surface area contributed by atoms with Gasteiger partial charge in [-0.3, -0.25) is 34.7 Å². The van der Waals surface area contributed by atoms with Crippen molar-refractivity contribution in [2.24, 2.45) is 0 Å². The number of ether oxygens (including phenoxy) is 1. The highest BCUT2D eigenvalue weighted by atomic mass is 32.2. The van der Waals surface area contributed by atoms with Crippen LogP contribution in [-0.4, -0.2) is 25.9 Å². The smallest absolute Gasteiger partial charge is 0.318 e. The van der Waals surface area contributed by atoms with Gasteiger partial charge in [-0.25, -0.2) is 0 Å². The molecule has 12 heteroatoms. The van der Waals surface area contributed by atoms with Crippen molar-refractivity contribution < 1.29 is 24.2 Å². The summed E-state index contributed by atoms with van der Waals surface area (Å²) in [7, 11) is 0. The minimum atomic E-state index is -0.796. The van der Waals surface area contributed by atoms with Gasteiger partial charge in [-0.1, -0.05) is 36.4 Å². The highest BCUT2D eigenvalue weighted by Gasteiger charge is 2.35. The lowest BCUT2D eigenvalue weighted by molar-refractivity contribution is -0.394. The number of amides is 2. The van der Waals surface area contributed by atoms with E-state index in [-0.39, 0.29) is 22.9 Å². The third-order valence-electron chi connectivity index (χ3n) is 5.12. The standard InChI is InChI=1S/C24H14N4O7S/c25-13-16-6-1-2-7-17(16)14-26-23(29)22(36-24(26)30)11-15-5-3-4-8-20(15)35-21-10-9-18(27(31)32)12-19(21)28(33)34/h1-12H,14H2/b22-11+. The molecule has 1 aliphatic rings. The zero-order chi connectivity index (χ0) is 25.8.